The summed E-state index contributed by atoms with van der Waals surface area (Å²) in [5, 5.41) is 0. The van der Waals surface area contributed by atoms with Crippen LogP contribution < -0.4 is 14.2 Å². The van der Waals surface area contributed by atoms with Gasteiger partial charge in [0.1, 0.15) is 11.4 Å². The molecule has 1 atom stereocenters. The molecule has 1 aliphatic rings. The van der Waals surface area contributed by atoms with Gasteiger partial charge in [-0.25, -0.2) is 0 Å². The molecule has 0 amide bonds. The summed E-state index contributed by atoms with van der Waals surface area (Å²) in [4.78, 5) is 0. The quantitative estimate of drug-likeness (QED) is 0.733. The summed E-state index contributed by atoms with van der Waals surface area (Å²) < 4.78 is 16.4. The summed E-state index contributed by atoms with van der Waals surface area (Å²) in [5.41, 5.74) is 0.751. The summed E-state index contributed by atoms with van der Waals surface area (Å²) in [6, 6.07) is 3.81. The SMILES string of the molecule is C=CC1(C)Cc2cc(OC)cc(OC)c2O1. The number of benzene rings is 1. The van der Waals surface area contributed by atoms with Crippen LogP contribution in [0.4, 0.5) is 0 Å². The van der Waals surface area contributed by atoms with Crippen LogP contribution in [0.25, 0.3) is 0 Å². The predicted molar refractivity (Wildman–Crippen MR) is 62.5 cm³/mol. The molecule has 86 valence electrons. The number of hydrogen-bond acceptors (Lipinski definition) is 3. The van der Waals surface area contributed by atoms with Gasteiger partial charge in [0.15, 0.2) is 11.5 Å². The Morgan fingerprint density at radius 2 is 2.12 bits per heavy atom. The van der Waals surface area contributed by atoms with Gasteiger partial charge in [0.05, 0.1) is 14.2 Å². The molecule has 0 N–H and O–H groups in total. The average molecular weight is 220 g/mol. The van der Waals surface area contributed by atoms with Crippen LogP contribution in [0.5, 0.6) is 17.2 Å². The van der Waals surface area contributed by atoms with Gasteiger partial charge in [-0.3, -0.25) is 0 Å². The molecule has 0 spiro atoms. The van der Waals surface area contributed by atoms with Crippen molar-refractivity contribution in [3.8, 4) is 17.2 Å². The van der Waals surface area contributed by atoms with E-state index in [0.717, 1.165) is 23.5 Å². The van der Waals surface area contributed by atoms with Gasteiger partial charge in [-0.15, -0.1) is 0 Å². The monoisotopic (exact) mass is 220 g/mol. The Morgan fingerprint density at radius 1 is 1.38 bits per heavy atom. The molecule has 0 aromatic heterocycles. The Labute approximate surface area is 95.6 Å². The van der Waals surface area contributed by atoms with E-state index in [1.165, 1.54) is 0 Å². The maximum atomic E-state index is 5.87. The van der Waals surface area contributed by atoms with Crippen molar-refractivity contribution in [2.45, 2.75) is 18.9 Å². The van der Waals surface area contributed by atoms with E-state index in [9.17, 15) is 0 Å². The summed E-state index contributed by atoms with van der Waals surface area (Å²) in [7, 11) is 3.27. The lowest BCUT2D eigenvalue weighted by molar-refractivity contribution is 0.165. The Kier molecular flexibility index (Phi) is 2.54. The third kappa shape index (κ3) is 1.62. The molecule has 1 unspecified atom stereocenters. The normalized spacial score (nSPS) is 22.2. The van der Waals surface area contributed by atoms with Crippen molar-refractivity contribution in [1.29, 1.82) is 0 Å². The smallest absolute Gasteiger partial charge is 0.166 e. The maximum Gasteiger partial charge on any atom is 0.166 e. The number of fused-ring (bicyclic) bond motifs is 1. The van der Waals surface area contributed by atoms with Crippen LogP contribution in [0.15, 0.2) is 24.8 Å². The molecule has 1 aromatic rings. The fourth-order valence-electron chi connectivity index (χ4n) is 1.91. The highest BCUT2D eigenvalue weighted by atomic mass is 16.5. The molecule has 0 aliphatic carbocycles. The van der Waals surface area contributed by atoms with E-state index >= 15 is 0 Å². The fourth-order valence-corrected chi connectivity index (χ4v) is 1.91. The Balaban J connectivity index is 2.47. The van der Waals surface area contributed by atoms with Crippen LogP contribution in [-0.2, 0) is 6.42 Å². The molecule has 0 fully saturated rings. The molecule has 16 heavy (non-hydrogen) atoms. The van der Waals surface area contributed by atoms with Crippen molar-refractivity contribution in [3.05, 3.63) is 30.4 Å². The molecule has 1 aliphatic heterocycles. The highest BCUT2D eigenvalue weighted by Crippen LogP contribution is 2.44. The zero-order valence-electron chi connectivity index (χ0n) is 9.87. The minimum atomic E-state index is -0.345. The lowest BCUT2D eigenvalue weighted by Crippen LogP contribution is -2.26. The first-order valence-corrected chi connectivity index (χ1v) is 5.19. The van der Waals surface area contributed by atoms with E-state index in [4.69, 9.17) is 14.2 Å². The van der Waals surface area contributed by atoms with Crippen LogP contribution in [0.1, 0.15) is 12.5 Å². The van der Waals surface area contributed by atoms with E-state index in [-0.39, 0.29) is 5.60 Å². The average Bonchev–Trinajstić information content (AvgIpc) is 2.64. The van der Waals surface area contributed by atoms with Crippen molar-refractivity contribution in [1.82, 2.24) is 0 Å². The van der Waals surface area contributed by atoms with Crippen molar-refractivity contribution in [2.75, 3.05) is 14.2 Å². The van der Waals surface area contributed by atoms with Gasteiger partial charge >= 0.3 is 0 Å². The summed E-state index contributed by atoms with van der Waals surface area (Å²) in [6.45, 7) is 5.80. The van der Waals surface area contributed by atoms with Crippen LogP contribution in [0.3, 0.4) is 0 Å². The second-order valence-electron chi connectivity index (χ2n) is 4.11. The maximum absolute atomic E-state index is 5.87. The number of rotatable bonds is 3. The first kappa shape index (κ1) is 10.9. The van der Waals surface area contributed by atoms with Gasteiger partial charge in [-0.05, 0) is 19.1 Å². The molecule has 0 saturated carbocycles. The molecule has 2 rings (SSSR count). The van der Waals surface area contributed by atoms with Gasteiger partial charge < -0.3 is 14.2 Å². The lowest BCUT2D eigenvalue weighted by Gasteiger charge is -2.19. The molecule has 0 bridgehead atoms. The zero-order chi connectivity index (χ0) is 11.8. The third-order valence-electron chi connectivity index (χ3n) is 2.87. The predicted octanol–water partition coefficient (Wildman–Crippen LogP) is 2.58. The minimum Gasteiger partial charge on any atom is -0.497 e. The summed E-state index contributed by atoms with van der Waals surface area (Å²) in [6.07, 6.45) is 2.61. The van der Waals surface area contributed by atoms with E-state index in [1.807, 2.05) is 25.1 Å². The van der Waals surface area contributed by atoms with Gasteiger partial charge in [0, 0.05) is 18.1 Å². The van der Waals surface area contributed by atoms with Crippen molar-refractivity contribution in [3.63, 3.8) is 0 Å². The zero-order valence-corrected chi connectivity index (χ0v) is 9.87. The molecule has 1 heterocycles. The van der Waals surface area contributed by atoms with Gasteiger partial charge in [0.2, 0.25) is 0 Å². The first-order chi connectivity index (χ1) is 7.61. The standard InChI is InChI=1S/C13H16O3/c1-5-13(2)8-9-6-10(14-3)7-11(15-4)12(9)16-13/h5-7H,1,8H2,2-4H3. The second-order valence-corrected chi connectivity index (χ2v) is 4.11. The molecule has 0 radical (unpaired) electrons. The van der Waals surface area contributed by atoms with Crippen molar-refractivity contribution in [2.24, 2.45) is 0 Å². The number of methoxy groups -OCH3 is 2. The van der Waals surface area contributed by atoms with E-state index in [0.29, 0.717) is 5.75 Å². The Bertz CT molecular complexity index is 425. The molecule has 3 nitrogen and oxygen atoms in total. The topological polar surface area (TPSA) is 27.7 Å². The third-order valence-corrected chi connectivity index (χ3v) is 2.87. The summed E-state index contributed by atoms with van der Waals surface area (Å²) >= 11 is 0. The van der Waals surface area contributed by atoms with Gasteiger partial charge in [0.25, 0.3) is 0 Å². The number of hydrogen-bond donors (Lipinski definition) is 0. The Morgan fingerprint density at radius 3 is 2.69 bits per heavy atom. The van der Waals surface area contributed by atoms with Gasteiger partial charge in [-0.1, -0.05) is 6.58 Å². The van der Waals surface area contributed by atoms with Crippen molar-refractivity contribution >= 4 is 0 Å². The van der Waals surface area contributed by atoms with E-state index < -0.39 is 0 Å². The number of ether oxygens (including phenoxy) is 3. The van der Waals surface area contributed by atoms with Gasteiger partial charge in [-0.2, -0.15) is 0 Å². The van der Waals surface area contributed by atoms with Crippen LogP contribution in [-0.4, -0.2) is 19.8 Å². The van der Waals surface area contributed by atoms with E-state index in [2.05, 4.69) is 6.58 Å². The molecule has 0 saturated heterocycles. The highest BCUT2D eigenvalue weighted by Gasteiger charge is 2.34. The molecular weight excluding hydrogens is 204 g/mol. The molecule has 3 heteroatoms. The van der Waals surface area contributed by atoms with Crippen molar-refractivity contribution < 1.29 is 14.2 Å². The Hall–Kier alpha value is -1.64. The second kappa shape index (κ2) is 3.74. The van der Waals surface area contributed by atoms with Crippen LogP contribution in [0, 0.1) is 0 Å². The van der Waals surface area contributed by atoms with E-state index in [1.54, 1.807) is 14.2 Å². The largest absolute Gasteiger partial charge is 0.497 e. The summed E-state index contributed by atoms with van der Waals surface area (Å²) in [5.74, 6) is 2.29. The van der Waals surface area contributed by atoms with Crippen LogP contribution >= 0.6 is 0 Å². The molecule has 1 aromatic carbocycles. The molecular formula is C13H16O3. The minimum absolute atomic E-state index is 0.345. The lowest BCUT2D eigenvalue weighted by atomic mass is 9.99. The fraction of sp³-hybridized carbons (Fsp3) is 0.385. The first-order valence-electron chi connectivity index (χ1n) is 5.19. The van der Waals surface area contributed by atoms with Crippen LogP contribution in [0.2, 0.25) is 0 Å². The highest BCUT2D eigenvalue weighted by molar-refractivity contribution is 5.55.